The zero-order chi connectivity index (χ0) is 25.6. The van der Waals surface area contributed by atoms with Crippen LogP contribution in [-0.2, 0) is 0 Å². The Morgan fingerprint density at radius 1 is 0.500 bits per heavy atom. The van der Waals surface area contributed by atoms with Crippen LogP contribution >= 0.6 is 0 Å². The number of hydrogen-bond donors (Lipinski definition) is 0. The van der Waals surface area contributed by atoms with E-state index in [1.807, 2.05) is 0 Å². The van der Waals surface area contributed by atoms with Crippen molar-refractivity contribution in [2.75, 3.05) is 0 Å². The highest BCUT2D eigenvalue weighted by molar-refractivity contribution is 6.25. The second-order valence-corrected chi connectivity index (χ2v) is 10.1. The molecule has 7 aromatic rings. The summed E-state index contributed by atoms with van der Waals surface area (Å²) in [6, 6.07) is 44.3. The molecule has 0 aliphatic heterocycles. The molecule has 0 spiro atoms. The van der Waals surface area contributed by atoms with E-state index in [0.29, 0.717) is 0 Å². The van der Waals surface area contributed by atoms with Crippen LogP contribution in [0.1, 0.15) is 18.1 Å². The number of rotatable bonds is 3. The number of hydrogen-bond acceptors (Lipinski definition) is 0. The van der Waals surface area contributed by atoms with Crippen molar-refractivity contribution in [3.8, 4) is 22.3 Å². The van der Waals surface area contributed by atoms with Crippen LogP contribution in [0.3, 0.4) is 0 Å². The zero-order valence-corrected chi connectivity index (χ0v) is 21.7. The van der Waals surface area contributed by atoms with Crippen LogP contribution in [0.25, 0.3) is 71.4 Å². The Hall–Kier alpha value is -4.68. The smallest absolute Gasteiger partial charge is 0.00264 e. The van der Waals surface area contributed by atoms with Gasteiger partial charge in [0.05, 0.1) is 0 Å². The Labute approximate surface area is 223 Å². The molecule has 180 valence electrons. The third-order valence-electron chi connectivity index (χ3n) is 7.93. The highest BCUT2D eigenvalue weighted by Crippen LogP contribution is 2.46. The Morgan fingerprint density at radius 3 is 1.82 bits per heavy atom. The summed E-state index contributed by atoms with van der Waals surface area (Å²) in [6.45, 7) is 4.41. The molecule has 0 amide bonds. The number of benzene rings is 7. The molecule has 0 heterocycles. The van der Waals surface area contributed by atoms with Crippen molar-refractivity contribution in [3.63, 3.8) is 0 Å². The summed E-state index contributed by atoms with van der Waals surface area (Å²) in [5.74, 6) is 0. The molecule has 0 N–H and O–H groups in total. The van der Waals surface area contributed by atoms with Crippen molar-refractivity contribution in [2.24, 2.45) is 0 Å². The quantitative estimate of drug-likeness (QED) is 0.219. The van der Waals surface area contributed by atoms with Crippen molar-refractivity contribution in [3.05, 3.63) is 139 Å². The van der Waals surface area contributed by atoms with Gasteiger partial charge in [-0.05, 0) is 96.4 Å². The average molecular weight is 485 g/mol. The summed E-state index contributed by atoms with van der Waals surface area (Å²) in [6.07, 6.45) is 4.45. The van der Waals surface area contributed by atoms with Crippen LogP contribution < -0.4 is 0 Å². The monoisotopic (exact) mass is 484 g/mol. The van der Waals surface area contributed by atoms with E-state index in [2.05, 4.69) is 147 Å². The van der Waals surface area contributed by atoms with Crippen molar-refractivity contribution in [1.82, 2.24) is 0 Å². The van der Waals surface area contributed by atoms with Gasteiger partial charge in [0, 0.05) is 0 Å². The molecule has 7 aromatic carbocycles. The van der Waals surface area contributed by atoms with E-state index >= 15 is 0 Å². The van der Waals surface area contributed by atoms with Gasteiger partial charge in [-0.2, -0.15) is 0 Å². The molecular weight excluding hydrogens is 456 g/mol. The lowest BCUT2D eigenvalue weighted by molar-refractivity contribution is 1.46. The number of allylic oxidation sites excluding steroid dienone is 1. The maximum atomic E-state index is 2.42. The summed E-state index contributed by atoms with van der Waals surface area (Å²) in [4.78, 5) is 0. The van der Waals surface area contributed by atoms with E-state index in [4.69, 9.17) is 0 Å². The summed E-state index contributed by atoms with van der Waals surface area (Å²) in [5.41, 5.74) is 7.76. The highest BCUT2D eigenvalue weighted by Gasteiger charge is 2.20. The van der Waals surface area contributed by atoms with Gasteiger partial charge in [-0.3, -0.25) is 0 Å². The molecule has 0 saturated carbocycles. The van der Waals surface area contributed by atoms with Crippen LogP contribution in [-0.4, -0.2) is 0 Å². The SMILES string of the molecule is C/C=C\c1c(C)c(-c2cc3ccc4ccccc4c3c3ccccc23)c2ccccc2c1-c1ccccc1. The van der Waals surface area contributed by atoms with Gasteiger partial charge in [0.2, 0.25) is 0 Å². The van der Waals surface area contributed by atoms with E-state index in [-0.39, 0.29) is 0 Å². The highest BCUT2D eigenvalue weighted by atomic mass is 14.2. The Kier molecular flexibility index (Phi) is 5.34. The fourth-order valence-corrected chi connectivity index (χ4v) is 6.31. The Balaban J connectivity index is 1.67. The van der Waals surface area contributed by atoms with Crippen LogP contribution in [0.15, 0.2) is 127 Å². The van der Waals surface area contributed by atoms with Crippen molar-refractivity contribution in [2.45, 2.75) is 13.8 Å². The Bertz CT molecular complexity index is 2020. The summed E-state index contributed by atoms with van der Waals surface area (Å²) in [5, 5.41) is 10.4. The maximum absolute atomic E-state index is 2.42. The first-order valence-electron chi connectivity index (χ1n) is 13.3. The predicted molar refractivity (Wildman–Crippen MR) is 167 cm³/mol. The van der Waals surface area contributed by atoms with E-state index in [1.165, 1.54) is 76.5 Å². The fourth-order valence-electron chi connectivity index (χ4n) is 6.31. The molecule has 0 fully saturated rings. The molecule has 0 aliphatic rings. The normalized spacial score (nSPS) is 11.8. The van der Waals surface area contributed by atoms with E-state index < -0.39 is 0 Å². The molecule has 0 unspecified atom stereocenters. The lowest BCUT2D eigenvalue weighted by atomic mass is 9.82. The molecule has 38 heavy (non-hydrogen) atoms. The van der Waals surface area contributed by atoms with E-state index in [9.17, 15) is 0 Å². The zero-order valence-electron chi connectivity index (χ0n) is 21.7. The molecule has 7 rings (SSSR count). The first-order valence-corrected chi connectivity index (χ1v) is 13.3. The van der Waals surface area contributed by atoms with Crippen molar-refractivity contribution in [1.29, 1.82) is 0 Å². The van der Waals surface area contributed by atoms with Gasteiger partial charge in [0.1, 0.15) is 0 Å². The lowest BCUT2D eigenvalue weighted by Gasteiger charge is -2.21. The van der Waals surface area contributed by atoms with E-state index in [1.54, 1.807) is 0 Å². The molecule has 0 aromatic heterocycles. The van der Waals surface area contributed by atoms with Gasteiger partial charge in [-0.1, -0.05) is 127 Å². The van der Waals surface area contributed by atoms with Crippen LogP contribution in [0, 0.1) is 6.92 Å². The molecule has 0 aliphatic carbocycles. The summed E-state index contributed by atoms with van der Waals surface area (Å²) < 4.78 is 0. The average Bonchev–Trinajstić information content (AvgIpc) is 2.97. The first kappa shape index (κ1) is 22.5. The van der Waals surface area contributed by atoms with Gasteiger partial charge in [-0.25, -0.2) is 0 Å². The largest absolute Gasteiger partial charge is 0.0870 e. The maximum Gasteiger partial charge on any atom is -0.00264 e. The molecule has 0 bridgehead atoms. The second-order valence-electron chi connectivity index (χ2n) is 10.1. The molecular formula is C38H28. The van der Waals surface area contributed by atoms with Gasteiger partial charge in [0.15, 0.2) is 0 Å². The minimum Gasteiger partial charge on any atom is -0.0870 e. The first-order chi connectivity index (χ1) is 18.8. The van der Waals surface area contributed by atoms with Crippen molar-refractivity contribution >= 4 is 49.2 Å². The predicted octanol–water partition coefficient (Wildman–Crippen LogP) is 11.0. The molecule has 0 atom stereocenters. The number of fused-ring (bicyclic) bond motifs is 6. The standard InChI is InChI=1S/C38H28/c1-3-13-29-25(2)36(33-20-11-12-21-34(33)37(29)27-15-5-4-6-16-27)35-24-28-23-22-26-14-7-8-17-30(26)38(28)32-19-10-9-18-31(32)35/h3-24H,1-2H3/b13-3-. The molecule has 0 nitrogen and oxygen atoms in total. The van der Waals surface area contributed by atoms with Gasteiger partial charge in [0.25, 0.3) is 0 Å². The van der Waals surface area contributed by atoms with E-state index in [0.717, 1.165) is 0 Å². The third kappa shape index (κ3) is 3.38. The fraction of sp³-hybridized carbons (Fsp3) is 0.0526. The van der Waals surface area contributed by atoms with Crippen LogP contribution in [0.4, 0.5) is 0 Å². The molecule has 0 radical (unpaired) electrons. The Morgan fingerprint density at radius 2 is 1.08 bits per heavy atom. The van der Waals surface area contributed by atoms with Crippen molar-refractivity contribution < 1.29 is 0 Å². The topological polar surface area (TPSA) is 0 Å². The van der Waals surface area contributed by atoms with Gasteiger partial charge >= 0.3 is 0 Å². The molecule has 0 heteroatoms. The van der Waals surface area contributed by atoms with Gasteiger partial charge < -0.3 is 0 Å². The minimum atomic E-state index is 1.25. The summed E-state index contributed by atoms with van der Waals surface area (Å²) in [7, 11) is 0. The second kappa shape index (κ2) is 9.01. The lowest BCUT2D eigenvalue weighted by Crippen LogP contribution is -1.97. The summed E-state index contributed by atoms with van der Waals surface area (Å²) >= 11 is 0. The minimum absolute atomic E-state index is 1.25. The van der Waals surface area contributed by atoms with Gasteiger partial charge in [-0.15, -0.1) is 0 Å². The third-order valence-corrected chi connectivity index (χ3v) is 7.93. The molecule has 0 saturated heterocycles. The van der Waals surface area contributed by atoms with Crippen LogP contribution in [0.2, 0.25) is 0 Å². The van der Waals surface area contributed by atoms with Crippen LogP contribution in [0.5, 0.6) is 0 Å².